The van der Waals surface area contributed by atoms with Gasteiger partial charge >= 0.3 is 6.03 Å². The molecule has 2 aromatic rings. The summed E-state index contributed by atoms with van der Waals surface area (Å²) in [6.07, 6.45) is 0. The third-order valence-electron chi connectivity index (χ3n) is 4.59. The smallest absolute Gasteiger partial charge is 0.324 e. The van der Waals surface area contributed by atoms with Crippen molar-refractivity contribution in [1.82, 2.24) is 10.2 Å². The first kappa shape index (κ1) is 17.7. The molecule has 0 bridgehead atoms. The number of amides is 4. The van der Waals surface area contributed by atoms with E-state index in [1.165, 1.54) is 0 Å². The number of carbonyl (C=O) groups excluding carboxylic acids is 3. The Labute approximate surface area is 152 Å². The van der Waals surface area contributed by atoms with E-state index < -0.39 is 23.4 Å². The Morgan fingerprint density at radius 2 is 1.81 bits per heavy atom. The minimum Gasteiger partial charge on any atom is -0.324 e. The van der Waals surface area contributed by atoms with Gasteiger partial charge in [-0.25, -0.2) is 4.79 Å². The lowest BCUT2D eigenvalue weighted by Crippen LogP contribution is -2.42. The van der Waals surface area contributed by atoms with Gasteiger partial charge in [-0.3, -0.25) is 14.5 Å². The van der Waals surface area contributed by atoms with E-state index in [1.54, 1.807) is 31.2 Å². The summed E-state index contributed by atoms with van der Waals surface area (Å²) in [5.74, 6) is -0.857. The van der Waals surface area contributed by atoms with Crippen LogP contribution in [0.1, 0.15) is 23.6 Å². The van der Waals surface area contributed by atoms with Crippen molar-refractivity contribution in [2.75, 3.05) is 11.9 Å². The maximum atomic E-state index is 12.8. The number of hydrogen-bond donors (Lipinski definition) is 2. The molecule has 6 nitrogen and oxygen atoms in total. The molecule has 6 heteroatoms. The third-order valence-corrected chi connectivity index (χ3v) is 4.59. The molecule has 2 aromatic carbocycles. The summed E-state index contributed by atoms with van der Waals surface area (Å²) in [5, 5.41) is 5.47. The first-order valence-corrected chi connectivity index (χ1v) is 8.38. The Hall–Kier alpha value is -3.15. The number of imide groups is 1. The van der Waals surface area contributed by atoms with Crippen molar-refractivity contribution in [3.8, 4) is 0 Å². The molecule has 1 aliphatic rings. The van der Waals surface area contributed by atoms with Crippen LogP contribution >= 0.6 is 0 Å². The highest BCUT2D eigenvalue weighted by atomic mass is 16.2. The Morgan fingerprint density at radius 1 is 1.12 bits per heavy atom. The fourth-order valence-corrected chi connectivity index (χ4v) is 3.01. The van der Waals surface area contributed by atoms with E-state index in [9.17, 15) is 14.4 Å². The van der Waals surface area contributed by atoms with Crippen molar-refractivity contribution in [2.45, 2.75) is 26.3 Å². The second-order valence-electron chi connectivity index (χ2n) is 6.68. The maximum Gasteiger partial charge on any atom is 0.325 e. The molecule has 1 saturated heterocycles. The SMILES string of the molecule is Cc1ccc(C)c(NC(=O)CN2C(=O)N[C@](C)(c3ccccc3)C2=O)c1. The predicted octanol–water partition coefficient (Wildman–Crippen LogP) is 2.71. The summed E-state index contributed by atoms with van der Waals surface area (Å²) in [6, 6.07) is 14.1. The number of urea groups is 1. The monoisotopic (exact) mass is 351 g/mol. The van der Waals surface area contributed by atoms with E-state index >= 15 is 0 Å². The number of hydrogen-bond acceptors (Lipinski definition) is 3. The summed E-state index contributed by atoms with van der Waals surface area (Å²) in [4.78, 5) is 38.4. The van der Waals surface area contributed by atoms with Gasteiger partial charge in [-0.2, -0.15) is 0 Å². The first-order chi connectivity index (χ1) is 12.3. The molecule has 2 N–H and O–H groups in total. The van der Waals surface area contributed by atoms with Crippen LogP contribution in [0, 0.1) is 13.8 Å². The zero-order chi connectivity index (χ0) is 18.9. The van der Waals surface area contributed by atoms with E-state index in [0.717, 1.165) is 16.0 Å². The van der Waals surface area contributed by atoms with Gasteiger partial charge in [0.15, 0.2) is 0 Å². The molecule has 1 aliphatic heterocycles. The van der Waals surface area contributed by atoms with Crippen molar-refractivity contribution >= 4 is 23.5 Å². The molecule has 1 heterocycles. The number of nitrogens with zero attached hydrogens (tertiary/aromatic N) is 1. The van der Waals surface area contributed by atoms with E-state index in [2.05, 4.69) is 10.6 Å². The van der Waals surface area contributed by atoms with Gasteiger partial charge in [0.2, 0.25) is 5.91 Å². The topological polar surface area (TPSA) is 78.5 Å². The van der Waals surface area contributed by atoms with Crippen LogP contribution in [0.2, 0.25) is 0 Å². The minimum atomic E-state index is -1.17. The Kier molecular flexibility index (Phi) is 4.50. The Balaban J connectivity index is 1.76. The fraction of sp³-hybridized carbons (Fsp3) is 0.250. The van der Waals surface area contributed by atoms with Crippen LogP contribution in [0.5, 0.6) is 0 Å². The van der Waals surface area contributed by atoms with Crippen molar-refractivity contribution in [2.24, 2.45) is 0 Å². The third kappa shape index (κ3) is 3.18. The van der Waals surface area contributed by atoms with Crippen molar-refractivity contribution in [3.63, 3.8) is 0 Å². The lowest BCUT2D eigenvalue weighted by molar-refractivity contribution is -0.133. The molecule has 134 valence electrons. The molecule has 0 saturated carbocycles. The number of nitrogens with one attached hydrogen (secondary N) is 2. The van der Waals surface area contributed by atoms with Gasteiger partial charge in [0.05, 0.1) is 0 Å². The van der Waals surface area contributed by atoms with Crippen LogP contribution in [0.3, 0.4) is 0 Å². The quantitative estimate of drug-likeness (QED) is 0.832. The number of rotatable bonds is 4. The van der Waals surface area contributed by atoms with Crippen molar-refractivity contribution in [1.29, 1.82) is 0 Å². The molecule has 0 radical (unpaired) electrons. The van der Waals surface area contributed by atoms with Crippen LogP contribution in [0.4, 0.5) is 10.5 Å². The lowest BCUT2D eigenvalue weighted by atomic mass is 9.92. The minimum absolute atomic E-state index is 0.333. The molecule has 4 amide bonds. The standard InChI is InChI=1S/C20H21N3O3/c1-13-9-10-14(2)16(11-13)21-17(24)12-23-18(25)20(3,22-19(23)26)15-7-5-4-6-8-15/h4-11H,12H2,1-3H3,(H,21,24)(H,22,26)/t20-/m1/s1. The molecular formula is C20H21N3O3. The molecule has 0 aromatic heterocycles. The number of carbonyl (C=O) groups is 3. The molecular weight excluding hydrogens is 330 g/mol. The second kappa shape index (κ2) is 6.63. The number of benzene rings is 2. The van der Waals surface area contributed by atoms with Crippen LogP contribution in [0.25, 0.3) is 0 Å². The lowest BCUT2D eigenvalue weighted by Gasteiger charge is -2.22. The van der Waals surface area contributed by atoms with Gasteiger partial charge in [0, 0.05) is 5.69 Å². The summed E-state index contributed by atoms with van der Waals surface area (Å²) in [5.41, 5.74) is 2.11. The number of anilines is 1. The molecule has 1 atom stereocenters. The zero-order valence-electron chi connectivity index (χ0n) is 15.0. The molecule has 26 heavy (non-hydrogen) atoms. The average molecular weight is 351 g/mol. The zero-order valence-corrected chi connectivity index (χ0v) is 15.0. The normalized spacial score (nSPS) is 19.4. The molecule has 1 fully saturated rings. The fourth-order valence-electron chi connectivity index (χ4n) is 3.01. The van der Waals surface area contributed by atoms with E-state index in [0.29, 0.717) is 11.3 Å². The Bertz CT molecular complexity index is 879. The van der Waals surface area contributed by atoms with Gasteiger partial charge in [0.1, 0.15) is 12.1 Å². The largest absolute Gasteiger partial charge is 0.325 e. The predicted molar refractivity (Wildman–Crippen MR) is 98.6 cm³/mol. The molecule has 0 spiro atoms. The first-order valence-electron chi connectivity index (χ1n) is 8.38. The van der Waals surface area contributed by atoms with E-state index in [4.69, 9.17) is 0 Å². The molecule has 0 unspecified atom stereocenters. The van der Waals surface area contributed by atoms with Gasteiger partial charge in [-0.05, 0) is 43.5 Å². The molecule has 3 rings (SSSR count). The van der Waals surface area contributed by atoms with Crippen LogP contribution in [-0.4, -0.2) is 29.3 Å². The van der Waals surface area contributed by atoms with Gasteiger partial charge in [0.25, 0.3) is 5.91 Å². The van der Waals surface area contributed by atoms with Crippen molar-refractivity contribution in [3.05, 3.63) is 65.2 Å². The van der Waals surface area contributed by atoms with E-state index in [1.807, 2.05) is 38.1 Å². The van der Waals surface area contributed by atoms with Gasteiger partial charge in [-0.15, -0.1) is 0 Å². The second-order valence-corrected chi connectivity index (χ2v) is 6.68. The average Bonchev–Trinajstić information content (AvgIpc) is 2.83. The summed E-state index contributed by atoms with van der Waals surface area (Å²) >= 11 is 0. The number of aryl methyl sites for hydroxylation is 2. The van der Waals surface area contributed by atoms with Crippen LogP contribution < -0.4 is 10.6 Å². The molecule has 0 aliphatic carbocycles. The Morgan fingerprint density at radius 3 is 2.50 bits per heavy atom. The highest BCUT2D eigenvalue weighted by molar-refractivity contribution is 6.10. The van der Waals surface area contributed by atoms with Gasteiger partial charge in [-0.1, -0.05) is 42.5 Å². The highest BCUT2D eigenvalue weighted by Gasteiger charge is 2.49. The summed E-state index contributed by atoms with van der Waals surface area (Å²) in [7, 11) is 0. The van der Waals surface area contributed by atoms with Crippen molar-refractivity contribution < 1.29 is 14.4 Å². The van der Waals surface area contributed by atoms with Crippen LogP contribution in [0.15, 0.2) is 48.5 Å². The maximum absolute atomic E-state index is 12.8. The van der Waals surface area contributed by atoms with Crippen LogP contribution in [-0.2, 0) is 15.1 Å². The highest BCUT2D eigenvalue weighted by Crippen LogP contribution is 2.28. The van der Waals surface area contributed by atoms with E-state index in [-0.39, 0.29) is 6.54 Å². The summed E-state index contributed by atoms with van der Waals surface area (Å²) in [6.45, 7) is 5.12. The van der Waals surface area contributed by atoms with Gasteiger partial charge < -0.3 is 10.6 Å². The summed E-state index contributed by atoms with van der Waals surface area (Å²) < 4.78 is 0.